The lowest BCUT2D eigenvalue weighted by atomic mass is 10.0. The Morgan fingerprint density at radius 1 is 0.919 bits per heavy atom. The third-order valence-corrected chi connectivity index (χ3v) is 6.53. The van der Waals surface area contributed by atoms with Crippen LogP contribution in [0.4, 0.5) is 5.69 Å². The van der Waals surface area contributed by atoms with Crippen LogP contribution in [-0.2, 0) is 11.3 Å². The van der Waals surface area contributed by atoms with Crippen LogP contribution in [0.15, 0.2) is 117 Å². The number of hydrogen-bond donors (Lipinski definition) is 0. The number of amides is 1. The van der Waals surface area contributed by atoms with Gasteiger partial charge in [0.1, 0.15) is 5.76 Å². The monoisotopic (exact) mass is 508 g/mol. The lowest BCUT2D eigenvalue weighted by molar-refractivity contribution is -0.384. The number of nitro groups is 1. The first-order chi connectivity index (χ1) is 18.1. The molecule has 5 rings (SSSR count). The molecule has 2 heterocycles. The van der Waals surface area contributed by atoms with E-state index in [2.05, 4.69) is 22.3 Å². The third-order valence-electron chi connectivity index (χ3n) is 5.53. The molecule has 182 valence electrons. The van der Waals surface area contributed by atoms with Gasteiger partial charge in [-0.1, -0.05) is 66.7 Å². The minimum absolute atomic E-state index is 0.0472. The molecule has 0 saturated carbocycles. The lowest BCUT2D eigenvalue weighted by Crippen LogP contribution is -2.28. The molecule has 0 radical (unpaired) electrons. The van der Waals surface area contributed by atoms with Crippen molar-refractivity contribution in [2.45, 2.75) is 6.54 Å². The molecular weight excluding hydrogens is 488 g/mol. The normalized spacial score (nSPS) is 15.8. The van der Waals surface area contributed by atoms with Crippen molar-refractivity contribution < 1.29 is 14.1 Å². The van der Waals surface area contributed by atoms with E-state index >= 15 is 0 Å². The summed E-state index contributed by atoms with van der Waals surface area (Å²) >= 11 is 1.15. The van der Waals surface area contributed by atoms with E-state index in [0.29, 0.717) is 21.4 Å². The molecular formula is C28H20N4O4S. The van der Waals surface area contributed by atoms with E-state index in [9.17, 15) is 14.9 Å². The van der Waals surface area contributed by atoms with Crippen molar-refractivity contribution >= 4 is 40.8 Å². The summed E-state index contributed by atoms with van der Waals surface area (Å²) < 4.78 is 5.42. The van der Waals surface area contributed by atoms with Crippen molar-refractivity contribution in [3.05, 3.63) is 129 Å². The highest BCUT2D eigenvalue weighted by Crippen LogP contribution is 2.34. The number of carbonyl (C=O) groups excluding carboxylic acids is 1. The molecule has 1 saturated heterocycles. The zero-order valence-corrected chi connectivity index (χ0v) is 20.2. The Morgan fingerprint density at radius 2 is 1.70 bits per heavy atom. The molecule has 0 N–H and O–H groups in total. The molecule has 3 aromatic carbocycles. The van der Waals surface area contributed by atoms with Gasteiger partial charge in [0.05, 0.1) is 28.9 Å². The number of amidine groups is 1. The molecule has 1 fully saturated rings. The Labute approximate surface area is 216 Å². The van der Waals surface area contributed by atoms with Crippen LogP contribution in [0.25, 0.3) is 17.2 Å². The van der Waals surface area contributed by atoms with Crippen LogP contribution >= 0.6 is 11.8 Å². The Morgan fingerprint density at radius 3 is 2.43 bits per heavy atom. The van der Waals surface area contributed by atoms with Crippen LogP contribution in [0.1, 0.15) is 16.9 Å². The van der Waals surface area contributed by atoms with Gasteiger partial charge in [0.2, 0.25) is 0 Å². The van der Waals surface area contributed by atoms with Crippen molar-refractivity contribution in [1.82, 2.24) is 4.90 Å². The molecule has 0 aliphatic carbocycles. The average Bonchev–Trinajstić information content (AvgIpc) is 3.54. The van der Waals surface area contributed by atoms with Gasteiger partial charge in [0.15, 0.2) is 5.17 Å². The standard InChI is InChI=1S/C28H20N4O4S/c33-27-26(17-21-6-4-9-24(16-21)32(34)35)37-28(31(27)19-25-10-5-15-36-25)30-29-18-20-11-13-23(14-12-20)22-7-2-1-3-8-22/h1-18H,19H2/b26-17-,29-18+,30-28-. The van der Waals surface area contributed by atoms with E-state index in [0.717, 1.165) is 28.5 Å². The molecule has 0 unspecified atom stereocenters. The highest BCUT2D eigenvalue weighted by molar-refractivity contribution is 8.18. The molecule has 9 heteroatoms. The number of nitro benzene ring substituents is 1. The Kier molecular flexibility index (Phi) is 7.05. The number of hydrogen-bond acceptors (Lipinski definition) is 7. The quantitative estimate of drug-likeness (QED) is 0.125. The molecule has 4 aromatic rings. The van der Waals surface area contributed by atoms with Gasteiger partial charge in [-0.25, -0.2) is 0 Å². The molecule has 0 atom stereocenters. The summed E-state index contributed by atoms with van der Waals surface area (Å²) in [6, 6.07) is 27.6. The third kappa shape index (κ3) is 5.74. The van der Waals surface area contributed by atoms with Gasteiger partial charge < -0.3 is 4.42 Å². The number of furan rings is 1. The molecule has 0 spiro atoms. The number of carbonyl (C=O) groups is 1. The molecule has 37 heavy (non-hydrogen) atoms. The first-order valence-electron chi connectivity index (χ1n) is 11.3. The van der Waals surface area contributed by atoms with Gasteiger partial charge in [0, 0.05) is 12.1 Å². The average molecular weight is 509 g/mol. The Bertz CT molecular complexity index is 1510. The van der Waals surface area contributed by atoms with E-state index in [4.69, 9.17) is 4.42 Å². The predicted octanol–water partition coefficient (Wildman–Crippen LogP) is 6.36. The minimum atomic E-state index is -0.469. The SMILES string of the molecule is O=C1/C(=C/c2cccc([N+](=O)[O-])c2)S/C(=N\N=C\c2ccc(-c3ccccc3)cc2)N1Cc1ccco1. The first kappa shape index (κ1) is 24.0. The molecule has 1 aliphatic heterocycles. The van der Waals surface area contributed by atoms with E-state index in [1.165, 1.54) is 23.3 Å². The van der Waals surface area contributed by atoms with Crippen molar-refractivity contribution in [2.24, 2.45) is 10.2 Å². The Balaban J connectivity index is 1.39. The van der Waals surface area contributed by atoms with Crippen LogP contribution in [0, 0.1) is 10.1 Å². The summed E-state index contributed by atoms with van der Waals surface area (Å²) in [6.45, 7) is 0.186. The molecule has 0 bridgehead atoms. The van der Waals surface area contributed by atoms with E-state index in [-0.39, 0.29) is 18.1 Å². The van der Waals surface area contributed by atoms with Crippen molar-refractivity contribution in [2.75, 3.05) is 0 Å². The minimum Gasteiger partial charge on any atom is -0.467 e. The molecule has 8 nitrogen and oxygen atoms in total. The second kappa shape index (κ2) is 10.9. The fourth-order valence-corrected chi connectivity index (χ4v) is 4.63. The van der Waals surface area contributed by atoms with Gasteiger partial charge in [-0.2, -0.15) is 5.10 Å². The summed E-state index contributed by atoms with van der Waals surface area (Å²) in [5, 5.41) is 20.0. The second-order valence-corrected chi connectivity index (χ2v) is 9.06. The summed E-state index contributed by atoms with van der Waals surface area (Å²) in [5.41, 5.74) is 3.59. The Hall–Kier alpha value is -4.76. The van der Waals surface area contributed by atoms with Crippen LogP contribution in [0.5, 0.6) is 0 Å². The highest BCUT2D eigenvalue weighted by atomic mass is 32.2. The largest absolute Gasteiger partial charge is 0.467 e. The van der Waals surface area contributed by atoms with Crippen LogP contribution in [0.2, 0.25) is 0 Å². The number of benzene rings is 3. The smallest absolute Gasteiger partial charge is 0.270 e. The number of nitrogens with zero attached hydrogens (tertiary/aromatic N) is 4. The number of non-ortho nitro benzene ring substituents is 1. The lowest BCUT2D eigenvalue weighted by Gasteiger charge is -2.12. The van der Waals surface area contributed by atoms with Gasteiger partial charge >= 0.3 is 0 Å². The molecule has 1 aromatic heterocycles. The van der Waals surface area contributed by atoms with Gasteiger partial charge in [0.25, 0.3) is 11.6 Å². The number of rotatable bonds is 7. The topological polar surface area (TPSA) is 101 Å². The highest BCUT2D eigenvalue weighted by Gasteiger charge is 2.34. The van der Waals surface area contributed by atoms with E-state index in [1.54, 1.807) is 36.6 Å². The van der Waals surface area contributed by atoms with Crippen LogP contribution < -0.4 is 0 Å². The van der Waals surface area contributed by atoms with Crippen molar-refractivity contribution in [3.63, 3.8) is 0 Å². The van der Waals surface area contributed by atoms with Gasteiger partial charge in [-0.3, -0.25) is 19.8 Å². The predicted molar refractivity (Wildman–Crippen MR) is 145 cm³/mol. The maximum Gasteiger partial charge on any atom is 0.270 e. The fourth-order valence-electron chi connectivity index (χ4n) is 3.70. The summed E-state index contributed by atoms with van der Waals surface area (Å²) in [6.07, 6.45) is 4.78. The zero-order valence-electron chi connectivity index (χ0n) is 19.4. The van der Waals surface area contributed by atoms with Crippen LogP contribution in [0.3, 0.4) is 0 Å². The van der Waals surface area contributed by atoms with Gasteiger partial charge in [-0.05, 0) is 52.2 Å². The zero-order chi connectivity index (χ0) is 25.6. The van der Waals surface area contributed by atoms with Crippen molar-refractivity contribution in [3.8, 4) is 11.1 Å². The second-order valence-electron chi connectivity index (χ2n) is 8.05. The van der Waals surface area contributed by atoms with E-state index in [1.807, 2.05) is 42.5 Å². The summed E-state index contributed by atoms with van der Waals surface area (Å²) in [5.74, 6) is 0.313. The molecule has 1 aliphatic rings. The summed E-state index contributed by atoms with van der Waals surface area (Å²) in [7, 11) is 0. The van der Waals surface area contributed by atoms with Crippen molar-refractivity contribution in [1.29, 1.82) is 0 Å². The van der Waals surface area contributed by atoms with Crippen LogP contribution in [-0.4, -0.2) is 27.1 Å². The molecule has 1 amide bonds. The maximum atomic E-state index is 13.2. The summed E-state index contributed by atoms with van der Waals surface area (Å²) in [4.78, 5) is 25.7. The van der Waals surface area contributed by atoms with Gasteiger partial charge in [-0.15, -0.1) is 5.10 Å². The number of thioether (sulfide) groups is 1. The first-order valence-corrected chi connectivity index (χ1v) is 12.1. The maximum absolute atomic E-state index is 13.2. The van der Waals surface area contributed by atoms with E-state index < -0.39 is 4.92 Å². The fraction of sp³-hybridized carbons (Fsp3) is 0.0357.